The molecule has 3 rings (SSSR count). The van der Waals surface area contributed by atoms with E-state index in [1.165, 1.54) is 23.5 Å². The summed E-state index contributed by atoms with van der Waals surface area (Å²) in [6.45, 7) is 4.24. The van der Waals surface area contributed by atoms with Crippen molar-refractivity contribution in [3.05, 3.63) is 34.1 Å². The standard InChI is InChI=1S/C16H20ClN3O3S2/c1-10-5-12(6-11(2)19-10)23-15-4-3-13(7-14(15)17)25(21,22)20-16-8-24-9-18-16/h3-4,7-12,19-20H,5-6H2,1-2H3/t10-,11+,12-. The normalized spacial score (nSPS) is 24.0. The molecule has 0 spiro atoms. The van der Waals surface area contributed by atoms with Crippen molar-refractivity contribution in [1.29, 1.82) is 0 Å². The molecule has 0 saturated carbocycles. The molecule has 9 heteroatoms. The Balaban J connectivity index is 1.74. The van der Waals surface area contributed by atoms with Gasteiger partial charge in [0.25, 0.3) is 10.0 Å². The summed E-state index contributed by atoms with van der Waals surface area (Å²) in [4.78, 5) is 4.00. The number of sulfonamides is 1. The van der Waals surface area contributed by atoms with Gasteiger partial charge < -0.3 is 10.1 Å². The Morgan fingerprint density at radius 3 is 2.64 bits per heavy atom. The number of halogens is 1. The van der Waals surface area contributed by atoms with Crippen LogP contribution in [-0.4, -0.2) is 31.6 Å². The molecule has 2 heterocycles. The highest BCUT2D eigenvalue weighted by molar-refractivity contribution is 7.92. The van der Waals surface area contributed by atoms with Crippen molar-refractivity contribution in [2.45, 2.75) is 49.8 Å². The minimum Gasteiger partial charge on any atom is -0.489 e. The fourth-order valence-corrected chi connectivity index (χ4v) is 4.86. The predicted octanol–water partition coefficient (Wildman–Crippen LogP) is 3.51. The largest absolute Gasteiger partial charge is 0.489 e. The van der Waals surface area contributed by atoms with Crippen molar-refractivity contribution in [3.8, 4) is 5.75 Å². The molecular weight excluding hydrogens is 382 g/mol. The van der Waals surface area contributed by atoms with Crippen molar-refractivity contribution >= 4 is 38.8 Å². The summed E-state index contributed by atoms with van der Waals surface area (Å²) in [5.41, 5.74) is 1.56. The number of ether oxygens (including phenoxy) is 1. The van der Waals surface area contributed by atoms with Gasteiger partial charge in [-0.25, -0.2) is 13.4 Å². The molecule has 2 N–H and O–H groups in total. The first kappa shape index (κ1) is 18.4. The predicted molar refractivity (Wildman–Crippen MR) is 100 cm³/mol. The highest BCUT2D eigenvalue weighted by Crippen LogP contribution is 2.31. The summed E-state index contributed by atoms with van der Waals surface area (Å²) in [7, 11) is -3.73. The molecule has 1 aliphatic rings. The van der Waals surface area contributed by atoms with Crippen LogP contribution in [0.25, 0.3) is 0 Å². The topological polar surface area (TPSA) is 80.3 Å². The number of thiazole rings is 1. The lowest BCUT2D eigenvalue weighted by Crippen LogP contribution is -2.46. The van der Waals surface area contributed by atoms with Gasteiger partial charge in [-0.3, -0.25) is 4.72 Å². The van der Waals surface area contributed by atoms with Gasteiger partial charge in [-0.1, -0.05) is 11.6 Å². The van der Waals surface area contributed by atoms with E-state index in [-0.39, 0.29) is 16.0 Å². The third-order valence-electron chi connectivity index (χ3n) is 3.98. The Morgan fingerprint density at radius 2 is 2.04 bits per heavy atom. The molecule has 0 bridgehead atoms. The Labute approximate surface area is 156 Å². The number of nitrogens with one attached hydrogen (secondary N) is 2. The molecular formula is C16H20ClN3O3S2. The summed E-state index contributed by atoms with van der Waals surface area (Å²) in [5.74, 6) is 0.791. The van der Waals surface area contributed by atoms with Crippen molar-refractivity contribution in [2.75, 3.05) is 4.72 Å². The summed E-state index contributed by atoms with van der Waals surface area (Å²) in [6, 6.07) is 5.24. The van der Waals surface area contributed by atoms with Gasteiger partial charge in [-0.15, -0.1) is 11.3 Å². The maximum absolute atomic E-state index is 12.4. The number of anilines is 1. The second kappa shape index (κ2) is 7.49. The number of rotatable bonds is 5. The van der Waals surface area contributed by atoms with Gasteiger partial charge in [0.15, 0.2) is 5.82 Å². The molecule has 1 saturated heterocycles. The molecule has 0 amide bonds. The third kappa shape index (κ3) is 4.63. The third-order valence-corrected chi connectivity index (χ3v) is 6.21. The lowest BCUT2D eigenvalue weighted by Gasteiger charge is -2.33. The van der Waals surface area contributed by atoms with Crippen LogP contribution in [0.3, 0.4) is 0 Å². The Kier molecular flexibility index (Phi) is 5.52. The van der Waals surface area contributed by atoms with Gasteiger partial charge >= 0.3 is 0 Å². The van der Waals surface area contributed by atoms with Gasteiger partial charge in [-0.05, 0) is 44.9 Å². The van der Waals surface area contributed by atoms with E-state index in [0.717, 1.165) is 12.8 Å². The molecule has 1 aromatic carbocycles. The van der Waals surface area contributed by atoms with Crippen molar-refractivity contribution in [1.82, 2.24) is 10.3 Å². The Hall–Kier alpha value is -1.35. The highest BCUT2D eigenvalue weighted by atomic mass is 35.5. The molecule has 3 atom stereocenters. The van der Waals surface area contributed by atoms with E-state index < -0.39 is 10.0 Å². The van der Waals surface area contributed by atoms with Crippen LogP contribution in [0.2, 0.25) is 5.02 Å². The van der Waals surface area contributed by atoms with Crippen LogP contribution in [0.4, 0.5) is 5.82 Å². The van der Waals surface area contributed by atoms with Crippen molar-refractivity contribution in [2.24, 2.45) is 0 Å². The number of nitrogens with zero attached hydrogens (tertiary/aromatic N) is 1. The first-order valence-electron chi connectivity index (χ1n) is 7.97. The zero-order valence-corrected chi connectivity index (χ0v) is 16.3. The van der Waals surface area contributed by atoms with Crippen molar-refractivity contribution in [3.63, 3.8) is 0 Å². The molecule has 1 aromatic heterocycles. The van der Waals surface area contributed by atoms with E-state index in [9.17, 15) is 8.42 Å². The number of piperidine rings is 1. The summed E-state index contributed by atoms with van der Waals surface area (Å²) < 4.78 is 33.2. The van der Waals surface area contributed by atoms with Gasteiger partial charge in [0.1, 0.15) is 11.9 Å². The first-order chi connectivity index (χ1) is 11.8. The SMILES string of the molecule is C[C@@H]1C[C@@H](Oc2ccc(S(=O)(=O)Nc3cscn3)cc2Cl)C[C@H](C)N1. The second-order valence-corrected chi connectivity index (χ2v) is 9.06. The molecule has 6 nitrogen and oxygen atoms in total. The maximum atomic E-state index is 12.4. The summed E-state index contributed by atoms with van der Waals surface area (Å²) in [6.07, 6.45) is 1.82. The second-order valence-electron chi connectivity index (χ2n) is 6.25. The Morgan fingerprint density at radius 1 is 1.32 bits per heavy atom. The lowest BCUT2D eigenvalue weighted by molar-refractivity contribution is 0.124. The Bertz CT molecular complexity index is 817. The molecule has 2 aromatic rings. The number of benzene rings is 1. The van der Waals surface area contributed by atoms with E-state index >= 15 is 0 Å². The maximum Gasteiger partial charge on any atom is 0.263 e. The van der Waals surface area contributed by atoms with Crippen LogP contribution in [0.15, 0.2) is 34.0 Å². The zero-order chi connectivity index (χ0) is 18.0. The van der Waals surface area contributed by atoms with Gasteiger partial charge in [0.05, 0.1) is 15.4 Å². The number of aromatic nitrogens is 1. The van der Waals surface area contributed by atoms with E-state index in [4.69, 9.17) is 16.3 Å². The van der Waals surface area contributed by atoms with E-state index in [0.29, 0.717) is 23.7 Å². The van der Waals surface area contributed by atoms with Crippen LogP contribution in [-0.2, 0) is 10.0 Å². The van der Waals surface area contributed by atoms with Crippen LogP contribution in [0, 0.1) is 0 Å². The van der Waals surface area contributed by atoms with E-state index in [1.807, 2.05) is 0 Å². The fraction of sp³-hybridized carbons (Fsp3) is 0.438. The lowest BCUT2D eigenvalue weighted by atomic mass is 9.98. The average molecular weight is 402 g/mol. The van der Waals surface area contributed by atoms with Crippen LogP contribution >= 0.6 is 22.9 Å². The summed E-state index contributed by atoms with van der Waals surface area (Å²) >= 11 is 7.57. The summed E-state index contributed by atoms with van der Waals surface area (Å²) in [5, 5.41) is 5.35. The van der Waals surface area contributed by atoms with E-state index in [1.54, 1.807) is 17.0 Å². The quantitative estimate of drug-likeness (QED) is 0.801. The molecule has 0 radical (unpaired) electrons. The van der Waals surface area contributed by atoms with Crippen LogP contribution < -0.4 is 14.8 Å². The van der Waals surface area contributed by atoms with Crippen LogP contribution in [0.1, 0.15) is 26.7 Å². The van der Waals surface area contributed by atoms with Crippen molar-refractivity contribution < 1.29 is 13.2 Å². The molecule has 0 aliphatic carbocycles. The van der Waals surface area contributed by atoms with Gasteiger partial charge in [0.2, 0.25) is 0 Å². The van der Waals surface area contributed by atoms with Crippen LogP contribution in [0.5, 0.6) is 5.75 Å². The highest BCUT2D eigenvalue weighted by Gasteiger charge is 2.25. The monoisotopic (exact) mass is 401 g/mol. The van der Waals surface area contributed by atoms with Gasteiger partial charge in [-0.2, -0.15) is 0 Å². The molecule has 1 fully saturated rings. The smallest absolute Gasteiger partial charge is 0.263 e. The molecule has 0 unspecified atom stereocenters. The molecule has 1 aliphatic heterocycles. The fourth-order valence-electron chi connectivity index (χ4n) is 2.99. The zero-order valence-electron chi connectivity index (χ0n) is 13.9. The van der Waals surface area contributed by atoms with E-state index in [2.05, 4.69) is 28.9 Å². The number of hydrogen-bond acceptors (Lipinski definition) is 6. The molecule has 136 valence electrons. The molecule has 25 heavy (non-hydrogen) atoms. The minimum absolute atomic E-state index is 0.0549. The minimum atomic E-state index is -3.73. The number of hydrogen-bond donors (Lipinski definition) is 2. The first-order valence-corrected chi connectivity index (χ1v) is 10.8. The van der Waals surface area contributed by atoms with Gasteiger partial charge in [0, 0.05) is 17.5 Å². The average Bonchev–Trinajstić information content (AvgIpc) is 3.00.